The molecule has 1 aromatic carbocycles. The Morgan fingerprint density at radius 3 is 2.61 bits per heavy atom. The van der Waals surface area contributed by atoms with Crippen LogP contribution in [0.5, 0.6) is 0 Å². The molecule has 0 heterocycles. The van der Waals surface area contributed by atoms with Crippen molar-refractivity contribution in [2.45, 2.75) is 46.0 Å². The van der Waals surface area contributed by atoms with Crippen molar-refractivity contribution in [2.24, 2.45) is 17.8 Å². The number of Topliss-reactive ketones (excluding diaryl/α,β-unsaturated/α-hetero) is 1. The first-order valence-corrected chi connectivity index (χ1v) is 7.30. The van der Waals surface area contributed by atoms with Gasteiger partial charge >= 0.3 is 0 Å². The van der Waals surface area contributed by atoms with Crippen molar-refractivity contribution in [3.8, 4) is 0 Å². The second kappa shape index (κ2) is 6.17. The first-order valence-electron chi connectivity index (χ1n) is 7.30. The van der Waals surface area contributed by atoms with Crippen molar-refractivity contribution in [2.75, 3.05) is 0 Å². The molecule has 2 rings (SSSR count). The van der Waals surface area contributed by atoms with Crippen LogP contribution in [-0.4, -0.2) is 5.78 Å². The molecule has 1 aromatic rings. The summed E-state index contributed by atoms with van der Waals surface area (Å²) in [6, 6.07) is 10.4. The molecule has 1 nitrogen and oxygen atoms in total. The second-order valence-electron chi connectivity index (χ2n) is 5.72. The number of unbranched alkanes of at least 4 members (excludes halogenated alkanes) is 1. The quantitative estimate of drug-likeness (QED) is 0.756. The molecule has 0 unspecified atom stereocenters. The fraction of sp³-hybridized carbons (Fsp3) is 0.588. The SMILES string of the molecule is CCCC[C@H]1C[C@@H](Cc2ccccc2)C(=O)[C@@H]1C. The van der Waals surface area contributed by atoms with E-state index in [4.69, 9.17) is 0 Å². The van der Waals surface area contributed by atoms with Crippen LogP contribution in [0.15, 0.2) is 30.3 Å². The third-order valence-electron chi connectivity index (χ3n) is 4.40. The van der Waals surface area contributed by atoms with Crippen LogP contribution in [0.25, 0.3) is 0 Å². The van der Waals surface area contributed by atoms with Crippen molar-refractivity contribution in [3.05, 3.63) is 35.9 Å². The fourth-order valence-corrected chi connectivity index (χ4v) is 3.21. The average Bonchev–Trinajstić information content (AvgIpc) is 2.66. The summed E-state index contributed by atoms with van der Waals surface area (Å²) in [5.74, 6) is 1.68. The Bertz CT molecular complexity index is 382. The third kappa shape index (κ3) is 3.01. The fourth-order valence-electron chi connectivity index (χ4n) is 3.21. The highest BCUT2D eigenvalue weighted by Gasteiger charge is 2.38. The summed E-state index contributed by atoms with van der Waals surface area (Å²) >= 11 is 0. The number of hydrogen-bond donors (Lipinski definition) is 0. The molecule has 0 N–H and O–H groups in total. The number of carbonyl (C=O) groups is 1. The van der Waals surface area contributed by atoms with Gasteiger partial charge in [0.25, 0.3) is 0 Å². The molecule has 1 aliphatic rings. The molecule has 0 amide bonds. The van der Waals surface area contributed by atoms with E-state index in [0.29, 0.717) is 11.7 Å². The van der Waals surface area contributed by atoms with Crippen molar-refractivity contribution in [1.82, 2.24) is 0 Å². The minimum Gasteiger partial charge on any atom is -0.299 e. The number of benzene rings is 1. The first kappa shape index (κ1) is 13.3. The Kier molecular flexibility index (Phi) is 4.57. The average molecular weight is 244 g/mol. The van der Waals surface area contributed by atoms with E-state index >= 15 is 0 Å². The monoisotopic (exact) mass is 244 g/mol. The second-order valence-corrected chi connectivity index (χ2v) is 5.72. The third-order valence-corrected chi connectivity index (χ3v) is 4.40. The number of rotatable bonds is 5. The summed E-state index contributed by atoms with van der Waals surface area (Å²) in [6.45, 7) is 4.36. The van der Waals surface area contributed by atoms with Crippen molar-refractivity contribution >= 4 is 5.78 Å². The van der Waals surface area contributed by atoms with Gasteiger partial charge in [-0.05, 0) is 30.7 Å². The standard InChI is InChI=1S/C17H24O/c1-3-4-10-15-12-16(17(18)13(15)2)11-14-8-6-5-7-9-14/h5-9,13,15-16H,3-4,10-12H2,1-2H3/t13-,15+,16-/m1/s1. The van der Waals surface area contributed by atoms with E-state index in [1.807, 2.05) is 6.07 Å². The van der Waals surface area contributed by atoms with Gasteiger partial charge in [0.05, 0.1) is 0 Å². The lowest BCUT2D eigenvalue weighted by molar-refractivity contribution is -0.123. The van der Waals surface area contributed by atoms with Crippen LogP contribution in [0.1, 0.15) is 45.1 Å². The maximum absolute atomic E-state index is 12.3. The Morgan fingerprint density at radius 2 is 1.94 bits per heavy atom. The molecule has 0 aromatic heterocycles. The van der Waals surface area contributed by atoms with Crippen LogP contribution in [0.4, 0.5) is 0 Å². The van der Waals surface area contributed by atoms with Gasteiger partial charge in [0, 0.05) is 11.8 Å². The first-order chi connectivity index (χ1) is 8.72. The van der Waals surface area contributed by atoms with Gasteiger partial charge in [0.2, 0.25) is 0 Å². The Morgan fingerprint density at radius 1 is 1.22 bits per heavy atom. The van der Waals surface area contributed by atoms with Gasteiger partial charge in [-0.1, -0.05) is 57.0 Å². The normalized spacial score (nSPS) is 27.7. The van der Waals surface area contributed by atoms with E-state index in [9.17, 15) is 4.79 Å². The minimum atomic E-state index is 0.268. The summed E-state index contributed by atoms with van der Waals surface area (Å²) in [5.41, 5.74) is 1.30. The van der Waals surface area contributed by atoms with Crippen LogP contribution >= 0.6 is 0 Å². The summed E-state index contributed by atoms with van der Waals surface area (Å²) in [6.07, 6.45) is 5.78. The molecule has 98 valence electrons. The minimum absolute atomic E-state index is 0.268. The van der Waals surface area contributed by atoms with Gasteiger partial charge < -0.3 is 0 Å². The van der Waals surface area contributed by atoms with Crippen molar-refractivity contribution in [1.29, 1.82) is 0 Å². The Balaban J connectivity index is 1.96. The van der Waals surface area contributed by atoms with E-state index in [1.165, 1.54) is 24.8 Å². The largest absolute Gasteiger partial charge is 0.299 e. The molecule has 1 saturated carbocycles. The highest BCUT2D eigenvalue weighted by atomic mass is 16.1. The lowest BCUT2D eigenvalue weighted by Crippen LogP contribution is -2.15. The van der Waals surface area contributed by atoms with Gasteiger partial charge in [-0.25, -0.2) is 0 Å². The topological polar surface area (TPSA) is 17.1 Å². The van der Waals surface area contributed by atoms with Crippen molar-refractivity contribution < 1.29 is 4.79 Å². The highest BCUT2D eigenvalue weighted by molar-refractivity contribution is 5.85. The zero-order chi connectivity index (χ0) is 13.0. The molecule has 0 radical (unpaired) electrons. The number of carbonyl (C=O) groups excluding carboxylic acids is 1. The predicted octanol–water partition coefficient (Wildman–Crippen LogP) is 4.26. The van der Waals surface area contributed by atoms with Crippen molar-refractivity contribution in [3.63, 3.8) is 0 Å². The van der Waals surface area contributed by atoms with Gasteiger partial charge in [-0.2, -0.15) is 0 Å². The zero-order valence-corrected chi connectivity index (χ0v) is 11.6. The summed E-state index contributed by atoms with van der Waals surface area (Å²) in [5, 5.41) is 0. The summed E-state index contributed by atoms with van der Waals surface area (Å²) in [7, 11) is 0. The number of hydrogen-bond acceptors (Lipinski definition) is 1. The van der Waals surface area contributed by atoms with Gasteiger partial charge in [-0.15, -0.1) is 0 Å². The van der Waals surface area contributed by atoms with E-state index in [-0.39, 0.29) is 11.8 Å². The summed E-state index contributed by atoms with van der Waals surface area (Å²) in [4.78, 5) is 12.3. The van der Waals surface area contributed by atoms with Gasteiger partial charge in [-0.3, -0.25) is 4.79 Å². The molecule has 1 fully saturated rings. The van der Waals surface area contributed by atoms with E-state index in [2.05, 4.69) is 38.1 Å². The van der Waals surface area contributed by atoms with Crippen LogP contribution < -0.4 is 0 Å². The molecule has 1 heteroatoms. The molecule has 0 aliphatic heterocycles. The van der Waals surface area contributed by atoms with E-state index < -0.39 is 0 Å². The summed E-state index contributed by atoms with van der Waals surface area (Å²) < 4.78 is 0. The Labute approximate surface area is 111 Å². The van der Waals surface area contributed by atoms with Crippen LogP contribution in [0.3, 0.4) is 0 Å². The molecular formula is C17H24O. The molecule has 18 heavy (non-hydrogen) atoms. The van der Waals surface area contributed by atoms with E-state index in [0.717, 1.165) is 12.8 Å². The highest BCUT2D eigenvalue weighted by Crippen LogP contribution is 2.37. The molecule has 1 aliphatic carbocycles. The molecular weight excluding hydrogens is 220 g/mol. The maximum atomic E-state index is 12.3. The van der Waals surface area contributed by atoms with Crippen LogP contribution in [-0.2, 0) is 11.2 Å². The molecule has 0 bridgehead atoms. The van der Waals surface area contributed by atoms with Crippen LogP contribution in [0, 0.1) is 17.8 Å². The molecule has 0 saturated heterocycles. The van der Waals surface area contributed by atoms with E-state index in [1.54, 1.807) is 0 Å². The van der Waals surface area contributed by atoms with Gasteiger partial charge in [0.15, 0.2) is 0 Å². The lowest BCUT2D eigenvalue weighted by atomic mass is 9.92. The van der Waals surface area contributed by atoms with Gasteiger partial charge in [0.1, 0.15) is 5.78 Å². The number of ketones is 1. The predicted molar refractivity (Wildman–Crippen MR) is 75.4 cm³/mol. The lowest BCUT2D eigenvalue weighted by Gasteiger charge is -2.12. The molecule has 3 atom stereocenters. The van der Waals surface area contributed by atoms with Crippen LogP contribution in [0.2, 0.25) is 0 Å². The smallest absolute Gasteiger partial charge is 0.139 e. The maximum Gasteiger partial charge on any atom is 0.139 e. The molecule has 0 spiro atoms. The zero-order valence-electron chi connectivity index (χ0n) is 11.6. The Hall–Kier alpha value is -1.11.